The average Bonchev–Trinajstić information content (AvgIpc) is 2.34. The van der Waals surface area contributed by atoms with Crippen LogP contribution in [0.3, 0.4) is 0 Å². The largest absolute Gasteiger partial charge is 0.324 e. The van der Waals surface area contributed by atoms with Crippen molar-refractivity contribution in [2.45, 2.75) is 46.6 Å². The Morgan fingerprint density at radius 2 is 1.74 bits per heavy atom. The summed E-state index contributed by atoms with van der Waals surface area (Å²) in [4.78, 5) is 2.40. The highest BCUT2D eigenvalue weighted by molar-refractivity contribution is 5.30. The van der Waals surface area contributed by atoms with E-state index in [2.05, 4.69) is 57.8 Å². The Balaban J connectivity index is 2.48. The summed E-state index contributed by atoms with van der Waals surface area (Å²) in [6.07, 6.45) is 2.27. The standard InChI is InChI=1S/C17H30N2/c1-6-13(2)12-19(5)8-7-17(18)16-10-14(3)9-15(4)11-16/h9-11,13,17H,6-8,12,18H2,1-5H3. The van der Waals surface area contributed by atoms with Crippen molar-refractivity contribution in [3.05, 3.63) is 34.9 Å². The number of nitrogens with zero attached hydrogens (tertiary/aromatic N) is 1. The molecule has 0 fully saturated rings. The lowest BCUT2D eigenvalue weighted by atomic mass is 9.99. The first-order chi connectivity index (χ1) is 8.92. The molecule has 0 aliphatic heterocycles. The smallest absolute Gasteiger partial charge is 0.0307 e. The fourth-order valence-electron chi connectivity index (χ4n) is 2.50. The monoisotopic (exact) mass is 262 g/mol. The van der Waals surface area contributed by atoms with Gasteiger partial charge in [0.2, 0.25) is 0 Å². The molecule has 1 aromatic carbocycles. The average molecular weight is 262 g/mol. The van der Waals surface area contributed by atoms with Crippen molar-refractivity contribution in [2.75, 3.05) is 20.1 Å². The number of benzene rings is 1. The van der Waals surface area contributed by atoms with Gasteiger partial charge in [-0.05, 0) is 45.3 Å². The molecule has 0 aliphatic carbocycles. The van der Waals surface area contributed by atoms with Crippen LogP contribution in [0.15, 0.2) is 18.2 Å². The Bertz CT molecular complexity index is 367. The number of hydrogen-bond acceptors (Lipinski definition) is 2. The van der Waals surface area contributed by atoms with Crippen LogP contribution in [0.5, 0.6) is 0 Å². The highest BCUT2D eigenvalue weighted by Crippen LogP contribution is 2.18. The van der Waals surface area contributed by atoms with E-state index in [9.17, 15) is 0 Å². The minimum atomic E-state index is 0.151. The van der Waals surface area contributed by atoms with Crippen molar-refractivity contribution in [1.82, 2.24) is 4.90 Å². The van der Waals surface area contributed by atoms with Crippen LogP contribution < -0.4 is 5.73 Å². The van der Waals surface area contributed by atoms with Crippen LogP contribution >= 0.6 is 0 Å². The number of rotatable bonds is 7. The van der Waals surface area contributed by atoms with Gasteiger partial charge >= 0.3 is 0 Å². The first-order valence-electron chi connectivity index (χ1n) is 7.44. The Hall–Kier alpha value is -0.860. The molecule has 1 rings (SSSR count). The van der Waals surface area contributed by atoms with Gasteiger partial charge in [-0.25, -0.2) is 0 Å². The van der Waals surface area contributed by atoms with Crippen LogP contribution in [0.4, 0.5) is 0 Å². The molecule has 0 saturated heterocycles. The predicted octanol–water partition coefficient (Wildman–Crippen LogP) is 3.67. The Morgan fingerprint density at radius 1 is 1.16 bits per heavy atom. The molecular weight excluding hydrogens is 232 g/mol. The van der Waals surface area contributed by atoms with E-state index in [1.54, 1.807) is 0 Å². The molecule has 19 heavy (non-hydrogen) atoms. The predicted molar refractivity (Wildman–Crippen MR) is 84.4 cm³/mol. The zero-order chi connectivity index (χ0) is 14.4. The molecule has 0 aromatic heterocycles. The van der Waals surface area contributed by atoms with Gasteiger partial charge in [0, 0.05) is 12.6 Å². The van der Waals surface area contributed by atoms with Crippen molar-refractivity contribution < 1.29 is 0 Å². The lowest BCUT2D eigenvalue weighted by molar-refractivity contribution is 0.272. The SMILES string of the molecule is CCC(C)CN(C)CCC(N)c1cc(C)cc(C)c1. The lowest BCUT2D eigenvalue weighted by Gasteiger charge is -2.22. The zero-order valence-electron chi connectivity index (χ0n) is 13.2. The minimum absolute atomic E-state index is 0.151. The molecule has 0 bridgehead atoms. The summed E-state index contributed by atoms with van der Waals surface area (Å²) in [5.74, 6) is 0.766. The summed E-state index contributed by atoms with van der Waals surface area (Å²) < 4.78 is 0. The van der Waals surface area contributed by atoms with Gasteiger partial charge < -0.3 is 10.6 Å². The number of aryl methyl sites for hydroxylation is 2. The van der Waals surface area contributed by atoms with Gasteiger partial charge in [0.15, 0.2) is 0 Å². The summed E-state index contributed by atoms with van der Waals surface area (Å²) in [7, 11) is 2.19. The molecule has 0 spiro atoms. The topological polar surface area (TPSA) is 29.3 Å². The van der Waals surface area contributed by atoms with Crippen molar-refractivity contribution >= 4 is 0 Å². The number of nitrogens with two attached hydrogens (primary N) is 1. The summed E-state index contributed by atoms with van der Waals surface area (Å²) in [6.45, 7) is 11.1. The van der Waals surface area contributed by atoms with E-state index in [1.165, 1.54) is 23.1 Å². The second kappa shape index (κ2) is 7.66. The fraction of sp³-hybridized carbons (Fsp3) is 0.647. The fourth-order valence-corrected chi connectivity index (χ4v) is 2.50. The summed E-state index contributed by atoms with van der Waals surface area (Å²) in [5, 5.41) is 0. The highest BCUT2D eigenvalue weighted by Gasteiger charge is 2.10. The molecule has 0 aliphatic rings. The molecule has 0 amide bonds. The van der Waals surface area contributed by atoms with Crippen LogP contribution in [0, 0.1) is 19.8 Å². The van der Waals surface area contributed by atoms with E-state index in [0.717, 1.165) is 25.4 Å². The highest BCUT2D eigenvalue weighted by atomic mass is 15.1. The quantitative estimate of drug-likeness (QED) is 0.812. The van der Waals surface area contributed by atoms with Gasteiger partial charge in [-0.3, -0.25) is 0 Å². The Kier molecular flexibility index (Phi) is 6.53. The zero-order valence-corrected chi connectivity index (χ0v) is 13.2. The normalized spacial score (nSPS) is 14.7. The molecule has 2 N–H and O–H groups in total. The molecule has 108 valence electrons. The van der Waals surface area contributed by atoms with E-state index in [0.29, 0.717) is 0 Å². The molecule has 0 saturated carbocycles. The molecule has 2 nitrogen and oxygen atoms in total. The molecule has 1 aromatic rings. The van der Waals surface area contributed by atoms with Crippen molar-refractivity contribution in [3.63, 3.8) is 0 Å². The molecule has 2 heteroatoms. The third-order valence-corrected chi connectivity index (χ3v) is 3.81. The van der Waals surface area contributed by atoms with Gasteiger partial charge in [0.1, 0.15) is 0 Å². The third-order valence-electron chi connectivity index (χ3n) is 3.81. The van der Waals surface area contributed by atoms with Gasteiger partial charge in [-0.15, -0.1) is 0 Å². The second-order valence-electron chi connectivity index (χ2n) is 6.09. The molecule has 0 heterocycles. The number of hydrogen-bond donors (Lipinski definition) is 1. The van der Waals surface area contributed by atoms with Gasteiger partial charge in [-0.1, -0.05) is 49.6 Å². The van der Waals surface area contributed by atoms with Gasteiger partial charge in [0.05, 0.1) is 0 Å². The Labute approximate surface area is 119 Å². The van der Waals surface area contributed by atoms with Crippen LogP contribution in [0.2, 0.25) is 0 Å². The summed E-state index contributed by atoms with van der Waals surface area (Å²) >= 11 is 0. The third kappa shape index (κ3) is 5.75. The molecule has 2 unspecified atom stereocenters. The van der Waals surface area contributed by atoms with Crippen LogP contribution in [-0.2, 0) is 0 Å². The van der Waals surface area contributed by atoms with E-state index in [4.69, 9.17) is 5.73 Å². The maximum atomic E-state index is 6.32. The first kappa shape index (κ1) is 16.2. The Morgan fingerprint density at radius 3 is 2.26 bits per heavy atom. The van der Waals surface area contributed by atoms with Crippen molar-refractivity contribution in [3.8, 4) is 0 Å². The summed E-state index contributed by atoms with van der Waals surface area (Å²) in [5.41, 5.74) is 10.2. The van der Waals surface area contributed by atoms with Crippen molar-refractivity contribution in [2.24, 2.45) is 11.7 Å². The van der Waals surface area contributed by atoms with E-state index in [1.807, 2.05) is 0 Å². The summed E-state index contributed by atoms with van der Waals surface area (Å²) in [6, 6.07) is 6.78. The second-order valence-corrected chi connectivity index (χ2v) is 6.09. The molecule has 0 radical (unpaired) electrons. The minimum Gasteiger partial charge on any atom is -0.324 e. The maximum Gasteiger partial charge on any atom is 0.0307 e. The molecule has 2 atom stereocenters. The van der Waals surface area contributed by atoms with Crippen LogP contribution in [0.1, 0.15) is 49.4 Å². The van der Waals surface area contributed by atoms with Gasteiger partial charge in [-0.2, -0.15) is 0 Å². The lowest BCUT2D eigenvalue weighted by Crippen LogP contribution is -2.27. The van der Waals surface area contributed by atoms with Crippen molar-refractivity contribution in [1.29, 1.82) is 0 Å². The maximum absolute atomic E-state index is 6.32. The van der Waals surface area contributed by atoms with Crippen LogP contribution in [-0.4, -0.2) is 25.0 Å². The van der Waals surface area contributed by atoms with E-state index in [-0.39, 0.29) is 6.04 Å². The van der Waals surface area contributed by atoms with Gasteiger partial charge in [0.25, 0.3) is 0 Å². The first-order valence-corrected chi connectivity index (χ1v) is 7.44. The molecular formula is C17H30N2. The van der Waals surface area contributed by atoms with Crippen LogP contribution in [0.25, 0.3) is 0 Å². The van der Waals surface area contributed by atoms with E-state index < -0.39 is 0 Å². The van der Waals surface area contributed by atoms with E-state index >= 15 is 0 Å².